The third-order valence-corrected chi connectivity index (χ3v) is 7.33. The fourth-order valence-corrected chi connectivity index (χ4v) is 4.90. The zero-order valence-corrected chi connectivity index (χ0v) is 19.5. The Labute approximate surface area is 190 Å². The molecule has 1 heterocycles. The number of sulfonamides is 1. The maximum Gasteiger partial charge on any atom is 0.255 e. The molecule has 1 atom stereocenters. The van der Waals surface area contributed by atoms with Gasteiger partial charge in [0.2, 0.25) is 10.0 Å². The second-order valence-electron chi connectivity index (χ2n) is 7.95. The molecule has 1 aliphatic heterocycles. The van der Waals surface area contributed by atoms with Gasteiger partial charge >= 0.3 is 0 Å². The van der Waals surface area contributed by atoms with E-state index in [1.54, 1.807) is 0 Å². The lowest BCUT2D eigenvalue weighted by atomic mass is 10.0. The summed E-state index contributed by atoms with van der Waals surface area (Å²) in [5, 5.41) is 6.36. The Bertz CT molecular complexity index is 1010. The maximum absolute atomic E-state index is 13.0. The highest BCUT2D eigenvalue weighted by Gasteiger charge is 2.28. The predicted octanol–water partition coefficient (Wildman–Crippen LogP) is 2.58. The zero-order valence-electron chi connectivity index (χ0n) is 18.7. The number of morpholine rings is 1. The standard InChI is InChI=1S/C23H31N3O5S/c1-17(2)21(25-18-7-5-4-6-8-18)16-24-23(27)20-15-19(9-10-22(20)30-3)32(28,29)26-11-13-31-14-12-26/h4-10,15,17,21,25H,11-14,16H2,1-3H3,(H,24,27). The molecule has 1 fully saturated rings. The summed E-state index contributed by atoms with van der Waals surface area (Å²) in [4.78, 5) is 13.1. The summed E-state index contributed by atoms with van der Waals surface area (Å²) in [5.41, 5.74) is 1.15. The van der Waals surface area contributed by atoms with Crippen LogP contribution in [-0.4, -0.2) is 64.6 Å². The quantitative estimate of drug-likeness (QED) is 0.596. The first-order chi connectivity index (χ1) is 15.3. The minimum atomic E-state index is -3.72. The fourth-order valence-electron chi connectivity index (χ4n) is 3.46. The van der Waals surface area contributed by atoms with Gasteiger partial charge in [0.15, 0.2) is 0 Å². The van der Waals surface area contributed by atoms with Crippen molar-refractivity contribution in [3.8, 4) is 5.75 Å². The molecule has 0 radical (unpaired) electrons. The van der Waals surface area contributed by atoms with E-state index in [4.69, 9.17) is 9.47 Å². The van der Waals surface area contributed by atoms with Crippen molar-refractivity contribution < 1.29 is 22.7 Å². The van der Waals surface area contributed by atoms with E-state index in [9.17, 15) is 13.2 Å². The number of carbonyl (C=O) groups excluding carboxylic acids is 1. The SMILES string of the molecule is COc1ccc(S(=O)(=O)N2CCOCC2)cc1C(=O)NCC(Nc1ccccc1)C(C)C. The topological polar surface area (TPSA) is 97.0 Å². The first-order valence-electron chi connectivity index (χ1n) is 10.7. The average molecular weight is 462 g/mol. The molecule has 9 heteroatoms. The van der Waals surface area contributed by atoms with Crippen molar-refractivity contribution in [2.75, 3.05) is 45.3 Å². The van der Waals surface area contributed by atoms with Crippen LogP contribution in [0, 0.1) is 5.92 Å². The molecule has 2 N–H and O–H groups in total. The molecular weight excluding hydrogens is 430 g/mol. The van der Waals surface area contributed by atoms with Crippen LogP contribution in [-0.2, 0) is 14.8 Å². The third-order valence-electron chi connectivity index (χ3n) is 5.44. The number of hydrogen-bond donors (Lipinski definition) is 2. The average Bonchev–Trinajstić information content (AvgIpc) is 2.82. The van der Waals surface area contributed by atoms with Crippen LogP contribution >= 0.6 is 0 Å². The summed E-state index contributed by atoms with van der Waals surface area (Å²) >= 11 is 0. The molecule has 8 nitrogen and oxygen atoms in total. The van der Waals surface area contributed by atoms with E-state index in [1.165, 1.54) is 29.6 Å². The van der Waals surface area contributed by atoms with Crippen LogP contribution in [0.25, 0.3) is 0 Å². The molecule has 1 unspecified atom stereocenters. The van der Waals surface area contributed by atoms with Gasteiger partial charge in [0.1, 0.15) is 5.75 Å². The number of para-hydroxylation sites is 1. The number of methoxy groups -OCH3 is 1. The van der Waals surface area contributed by atoms with Gasteiger partial charge in [-0.3, -0.25) is 4.79 Å². The van der Waals surface area contributed by atoms with Crippen molar-refractivity contribution in [1.82, 2.24) is 9.62 Å². The highest BCUT2D eigenvalue weighted by atomic mass is 32.2. The zero-order chi connectivity index (χ0) is 23.1. The van der Waals surface area contributed by atoms with E-state index in [-0.39, 0.29) is 41.4 Å². The van der Waals surface area contributed by atoms with Crippen LogP contribution in [0.1, 0.15) is 24.2 Å². The largest absolute Gasteiger partial charge is 0.496 e. The van der Waals surface area contributed by atoms with Gasteiger partial charge in [-0.2, -0.15) is 4.31 Å². The Morgan fingerprint density at radius 3 is 2.44 bits per heavy atom. The van der Waals surface area contributed by atoms with Gasteiger partial charge in [-0.25, -0.2) is 8.42 Å². The molecule has 32 heavy (non-hydrogen) atoms. The molecule has 2 aromatic carbocycles. The lowest BCUT2D eigenvalue weighted by Crippen LogP contribution is -2.41. The van der Waals surface area contributed by atoms with Gasteiger partial charge in [0.25, 0.3) is 5.91 Å². The van der Waals surface area contributed by atoms with Crippen molar-refractivity contribution in [3.05, 3.63) is 54.1 Å². The number of hydrogen-bond acceptors (Lipinski definition) is 6. The van der Waals surface area contributed by atoms with E-state index in [2.05, 4.69) is 24.5 Å². The normalized spacial score (nSPS) is 15.9. The Hall–Kier alpha value is -2.62. The van der Waals surface area contributed by atoms with E-state index >= 15 is 0 Å². The maximum atomic E-state index is 13.0. The van der Waals surface area contributed by atoms with Crippen molar-refractivity contribution in [1.29, 1.82) is 0 Å². The van der Waals surface area contributed by atoms with E-state index in [1.807, 2.05) is 30.3 Å². The summed E-state index contributed by atoms with van der Waals surface area (Å²) < 4.78 is 38.0. The number of carbonyl (C=O) groups is 1. The van der Waals surface area contributed by atoms with Gasteiger partial charge in [0, 0.05) is 31.4 Å². The molecule has 1 saturated heterocycles. The Morgan fingerprint density at radius 2 is 1.81 bits per heavy atom. The Kier molecular flexibility index (Phi) is 8.11. The molecule has 3 rings (SSSR count). The van der Waals surface area contributed by atoms with Crippen molar-refractivity contribution in [2.45, 2.75) is 24.8 Å². The van der Waals surface area contributed by atoms with Gasteiger partial charge in [-0.1, -0.05) is 32.0 Å². The number of benzene rings is 2. The Morgan fingerprint density at radius 1 is 1.12 bits per heavy atom. The fraction of sp³-hybridized carbons (Fsp3) is 0.435. The lowest BCUT2D eigenvalue weighted by Gasteiger charge is -2.26. The molecule has 174 valence electrons. The number of rotatable bonds is 9. The van der Waals surface area contributed by atoms with Crippen molar-refractivity contribution >= 4 is 21.6 Å². The molecule has 0 spiro atoms. The number of amides is 1. The summed E-state index contributed by atoms with van der Waals surface area (Å²) in [6.07, 6.45) is 0. The van der Waals surface area contributed by atoms with Gasteiger partial charge in [-0.05, 0) is 36.2 Å². The molecular formula is C23H31N3O5S. The summed E-state index contributed by atoms with van der Waals surface area (Å²) in [6.45, 7) is 5.80. The number of ether oxygens (including phenoxy) is 2. The van der Waals surface area contributed by atoms with Gasteiger partial charge in [-0.15, -0.1) is 0 Å². The van der Waals surface area contributed by atoms with Crippen LogP contribution in [0.5, 0.6) is 5.75 Å². The van der Waals surface area contributed by atoms with Crippen LogP contribution < -0.4 is 15.4 Å². The highest BCUT2D eigenvalue weighted by molar-refractivity contribution is 7.89. The summed E-state index contributed by atoms with van der Waals surface area (Å²) in [5.74, 6) is 0.187. The first kappa shape index (κ1) is 24.0. The van der Waals surface area contributed by atoms with Gasteiger partial charge < -0.3 is 20.1 Å². The summed E-state index contributed by atoms with van der Waals surface area (Å²) in [6, 6.07) is 14.1. The number of nitrogens with one attached hydrogen (secondary N) is 2. The molecule has 2 aromatic rings. The molecule has 0 bridgehead atoms. The molecule has 0 aliphatic carbocycles. The van der Waals surface area contributed by atoms with Crippen LogP contribution in [0.15, 0.2) is 53.4 Å². The second kappa shape index (κ2) is 10.8. The minimum absolute atomic E-state index is 0.00684. The van der Waals surface area contributed by atoms with E-state index in [0.717, 1.165) is 5.69 Å². The minimum Gasteiger partial charge on any atom is -0.496 e. The predicted molar refractivity (Wildman–Crippen MR) is 124 cm³/mol. The van der Waals surface area contributed by atoms with Crippen LogP contribution in [0.3, 0.4) is 0 Å². The molecule has 0 aromatic heterocycles. The van der Waals surface area contributed by atoms with E-state index < -0.39 is 10.0 Å². The number of nitrogens with zero attached hydrogens (tertiary/aromatic N) is 1. The van der Waals surface area contributed by atoms with Crippen molar-refractivity contribution in [3.63, 3.8) is 0 Å². The first-order valence-corrected chi connectivity index (χ1v) is 12.1. The number of anilines is 1. The van der Waals surface area contributed by atoms with Crippen molar-refractivity contribution in [2.24, 2.45) is 5.92 Å². The summed E-state index contributed by atoms with van der Waals surface area (Å²) in [7, 11) is -2.27. The molecule has 1 aliphatic rings. The second-order valence-corrected chi connectivity index (χ2v) is 9.89. The highest BCUT2D eigenvalue weighted by Crippen LogP contribution is 2.25. The molecule has 1 amide bonds. The van der Waals surface area contributed by atoms with E-state index in [0.29, 0.717) is 25.5 Å². The van der Waals surface area contributed by atoms with Gasteiger partial charge in [0.05, 0.1) is 30.8 Å². The monoisotopic (exact) mass is 461 g/mol. The van der Waals surface area contributed by atoms with Crippen LogP contribution in [0.4, 0.5) is 5.69 Å². The third kappa shape index (κ3) is 5.79. The van der Waals surface area contributed by atoms with Crippen LogP contribution in [0.2, 0.25) is 0 Å². The smallest absolute Gasteiger partial charge is 0.255 e. The molecule has 0 saturated carbocycles. The Balaban J connectivity index is 1.76. The lowest BCUT2D eigenvalue weighted by molar-refractivity contribution is 0.0730.